The zero-order valence-electron chi connectivity index (χ0n) is 10.0. The second-order valence-corrected chi connectivity index (χ2v) is 3.88. The molecule has 0 N–H and O–H groups in total. The monoisotopic (exact) mass is 272 g/mol. The largest absolute Gasteiger partial charge is 0.464 e. The summed E-state index contributed by atoms with van der Waals surface area (Å²) in [7, 11) is 0. The van der Waals surface area contributed by atoms with Crippen molar-refractivity contribution in [2.45, 2.75) is 12.2 Å². The van der Waals surface area contributed by atoms with Crippen LogP contribution in [-0.4, -0.2) is 48.6 Å². The van der Waals surface area contributed by atoms with Crippen LogP contribution in [0.5, 0.6) is 5.88 Å². The van der Waals surface area contributed by atoms with Crippen LogP contribution in [0, 0.1) is 10.1 Å². The summed E-state index contributed by atoms with van der Waals surface area (Å²) in [4.78, 5) is 14.1. The molecule has 0 amide bonds. The van der Waals surface area contributed by atoms with E-state index in [2.05, 4.69) is 4.98 Å². The van der Waals surface area contributed by atoms with Crippen molar-refractivity contribution in [1.29, 1.82) is 0 Å². The fourth-order valence-electron chi connectivity index (χ4n) is 1.73. The first kappa shape index (κ1) is 13.6. The van der Waals surface area contributed by atoms with E-state index in [-0.39, 0.29) is 31.4 Å². The number of halogens is 1. The van der Waals surface area contributed by atoms with Crippen LogP contribution >= 0.6 is 0 Å². The Labute approximate surface area is 108 Å². The molecule has 19 heavy (non-hydrogen) atoms. The molecule has 0 unspecified atom stereocenters. The SMILES string of the molecule is O=[N+]([O-])c1cccnc1O[C@@H]1COC[C@@H]1OCCF. The molecule has 0 bridgehead atoms. The van der Waals surface area contributed by atoms with Crippen LogP contribution in [0.1, 0.15) is 0 Å². The average Bonchev–Trinajstić information content (AvgIpc) is 2.84. The predicted octanol–water partition coefficient (Wildman–Crippen LogP) is 1.12. The molecular formula is C11H13FN2O5. The van der Waals surface area contributed by atoms with Gasteiger partial charge in [-0.2, -0.15) is 0 Å². The molecule has 1 fully saturated rings. The number of hydrogen-bond donors (Lipinski definition) is 0. The van der Waals surface area contributed by atoms with Crippen LogP contribution in [-0.2, 0) is 9.47 Å². The first-order valence-electron chi connectivity index (χ1n) is 5.73. The van der Waals surface area contributed by atoms with Crippen molar-refractivity contribution in [1.82, 2.24) is 4.98 Å². The molecule has 0 saturated carbocycles. The van der Waals surface area contributed by atoms with Gasteiger partial charge in [0, 0.05) is 12.3 Å². The summed E-state index contributed by atoms with van der Waals surface area (Å²) in [5, 5.41) is 10.8. The fraction of sp³-hybridized carbons (Fsp3) is 0.545. The molecule has 0 spiro atoms. The van der Waals surface area contributed by atoms with E-state index < -0.39 is 23.8 Å². The fourth-order valence-corrected chi connectivity index (χ4v) is 1.73. The number of rotatable bonds is 6. The molecule has 1 aromatic rings. The molecule has 104 valence electrons. The smallest absolute Gasteiger partial charge is 0.330 e. The van der Waals surface area contributed by atoms with E-state index in [0.29, 0.717) is 0 Å². The van der Waals surface area contributed by atoms with Crippen molar-refractivity contribution < 1.29 is 23.5 Å². The van der Waals surface area contributed by atoms with Gasteiger partial charge in [-0.1, -0.05) is 0 Å². The van der Waals surface area contributed by atoms with Gasteiger partial charge >= 0.3 is 5.69 Å². The highest BCUT2D eigenvalue weighted by atomic mass is 19.1. The Hall–Kier alpha value is -1.80. The van der Waals surface area contributed by atoms with Crippen molar-refractivity contribution in [3.05, 3.63) is 28.4 Å². The van der Waals surface area contributed by atoms with Crippen LogP contribution in [0.4, 0.5) is 10.1 Å². The molecule has 0 aliphatic carbocycles. The lowest BCUT2D eigenvalue weighted by atomic mass is 10.2. The number of nitro groups is 1. The first-order valence-corrected chi connectivity index (χ1v) is 5.73. The van der Waals surface area contributed by atoms with Gasteiger partial charge in [0.25, 0.3) is 5.88 Å². The van der Waals surface area contributed by atoms with Gasteiger partial charge in [0.1, 0.15) is 12.8 Å². The van der Waals surface area contributed by atoms with Gasteiger partial charge in [-0.15, -0.1) is 0 Å². The highest BCUT2D eigenvalue weighted by molar-refractivity contribution is 5.39. The van der Waals surface area contributed by atoms with E-state index in [1.54, 1.807) is 0 Å². The molecule has 0 aromatic carbocycles. The molecule has 2 rings (SSSR count). The number of nitrogens with zero attached hydrogens (tertiary/aromatic N) is 2. The average molecular weight is 272 g/mol. The van der Waals surface area contributed by atoms with Crippen LogP contribution in [0.2, 0.25) is 0 Å². The lowest BCUT2D eigenvalue weighted by Gasteiger charge is -2.18. The van der Waals surface area contributed by atoms with Gasteiger partial charge in [0.05, 0.1) is 24.7 Å². The van der Waals surface area contributed by atoms with Crippen molar-refractivity contribution in [2.75, 3.05) is 26.5 Å². The topological polar surface area (TPSA) is 83.7 Å². The minimum Gasteiger partial charge on any atom is -0.464 e. The number of ether oxygens (including phenoxy) is 3. The summed E-state index contributed by atoms with van der Waals surface area (Å²) in [6, 6.07) is 2.75. The maximum Gasteiger partial charge on any atom is 0.330 e. The van der Waals surface area contributed by atoms with Gasteiger partial charge in [0.2, 0.25) is 0 Å². The minimum absolute atomic E-state index is 0.0573. The number of hydrogen-bond acceptors (Lipinski definition) is 6. The standard InChI is InChI=1S/C11H13FN2O5/c12-3-5-18-9-6-17-7-10(9)19-11-8(14(15)16)2-1-4-13-11/h1-2,4,9-10H,3,5-7H2/t9-,10+/m0/s1. The lowest BCUT2D eigenvalue weighted by molar-refractivity contribution is -0.386. The van der Waals surface area contributed by atoms with E-state index in [1.807, 2.05) is 0 Å². The second kappa shape index (κ2) is 6.39. The molecule has 7 nitrogen and oxygen atoms in total. The van der Waals surface area contributed by atoms with Crippen molar-refractivity contribution >= 4 is 5.69 Å². The van der Waals surface area contributed by atoms with E-state index in [1.165, 1.54) is 18.3 Å². The summed E-state index contributed by atoms with van der Waals surface area (Å²) in [5.41, 5.74) is -0.223. The van der Waals surface area contributed by atoms with Gasteiger partial charge in [-0.05, 0) is 6.07 Å². The summed E-state index contributed by atoms with van der Waals surface area (Å²) in [5.74, 6) is -0.0863. The number of pyridine rings is 1. The third kappa shape index (κ3) is 3.36. The molecule has 1 saturated heterocycles. The highest BCUT2D eigenvalue weighted by Crippen LogP contribution is 2.26. The van der Waals surface area contributed by atoms with Crippen LogP contribution in [0.3, 0.4) is 0 Å². The van der Waals surface area contributed by atoms with Gasteiger partial charge in [-0.25, -0.2) is 9.37 Å². The quantitative estimate of drug-likeness (QED) is 0.570. The van der Waals surface area contributed by atoms with Crippen LogP contribution < -0.4 is 4.74 Å². The molecule has 0 radical (unpaired) electrons. The Bertz CT molecular complexity index is 445. The normalized spacial score (nSPS) is 22.4. The molecular weight excluding hydrogens is 259 g/mol. The Morgan fingerprint density at radius 1 is 1.53 bits per heavy atom. The summed E-state index contributed by atoms with van der Waals surface area (Å²) in [6.07, 6.45) is 0.424. The Kier molecular flexibility index (Phi) is 4.58. The van der Waals surface area contributed by atoms with E-state index in [9.17, 15) is 14.5 Å². The zero-order valence-corrected chi connectivity index (χ0v) is 10.0. The molecule has 2 heterocycles. The van der Waals surface area contributed by atoms with E-state index >= 15 is 0 Å². The third-order valence-corrected chi connectivity index (χ3v) is 2.60. The van der Waals surface area contributed by atoms with Crippen LogP contribution in [0.25, 0.3) is 0 Å². The van der Waals surface area contributed by atoms with Crippen LogP contribution in [0.15, 0.2) is 18.3 Å². The lowest BCUT2D eigenvalue weighted by Crippen LogP contribution is -2.33. The Balaban J connectivity index is 2.05. The maximum absolute atomic E-state index is 12.1. The molecule has 1 aliphatic rings. The molecule has 1 aliphatic heterocycles. The van der Waals surface area contributed by atoms with Gasteiger partial charge < -0.3 is 14.2 Å². The van der Waals surface area contributed by atoms with E-state index in [4.69, 9.17) is 14.2 Å². The van der Waals surface area contributed by atoms with E-state index in [0.717, 1.165) is 0 Å². The summed E-state index contributed by atoms with van der Waals surface area (Å²) in [6.45, 7) is -0.166. The van der Waals surface area contributed by atoms with Gasteiger partial charge in [0.15, 0.2) is 6.10 Å². The Morgan fingerprint density at radius 2 is 2.32 bits per heavy atom. The molecule has 1 aromatic heterocycles. The summed E-state index contributed by atoms with van der Waals surface area (Å²) >= 11 is 0. The van der Waals surface area contributed by atoms with Crippen molar-refractivity contribution in [3.63, 3.8) is 0 Å². The van der Waals surface area contributed by atoms with Crippen molar-refractivity contribution in [2.24, 2.45) is 0 Å². The highest BCUT2D eigenvalue weighted by Gasteiger charge is 2.33. The predicted molar refractivity (Wildman–Crippen MR) is 61.8 cm³/mol. The number of alkyl halides is 1. The Morgan fingerprint density at radius 3 is 3.05 bits per heavy atom. The molecule has 8 heteroatoms. The first-order chi connectivity index (χ1) is 9.22. The maximum atomic E-state index is 12.1. The second-order valence-electron chi connectivity index (χ2n) is 3.88. The number of aromatic nitrogens is 1. The molecule has 2 atom stereocenters. The minimum atomic E-state index is -0.604. The summed E-state index contributed by atoms with van der Waals surface area (Å²) < 4.78 is 27.9. The zero-order chi connectivity index (χ0) is 13.7. The van der Waals surface area contributed by atoms with Crippen molar-refractivity contribution in [3.8, 4) is 5.88 Å². The third-order valence-electron chi connectivity index (χ3n) is 2.60. The van der Waals surface area contributed by atoms with Gasteiger partial charge in [-0.3, -0.25) is 10.1 Å².